The smallest absolute Gasteiger partial charge is 0.408 e. The zero-order valence-electron chi connectivity index (χ0n) is 11.5. The van der Waals surface area contributed by atoms with Crippen LogP contribution >= 0.6 is 0 Å². The first-order valence-electron chi connectivity index (χ1n) is 6.73. The van der Waals surface area contributed by atoms with E-state index in [4.69, 9.17) is 10.5 Å². The highest BCUT2D eigenvalue weighted by Crippen LogP contribution is 2.04. The molecule has 1 heterocycles. The Hall–Kier alpha value is -2.57. The third-order valence-corrected chi connectivity index (χ3v) is 3.01. The number of hydrogen-bond acceptors (Lipinski definition) is 5. The molecular formula is C14H18N4O3. The molecule has 1 atom stereocenters. The second-order valence-electron chi connectivity index (χ2n) is 4.66. The molecule has 112 valence electrons. The maximum atomic E-state index is 11.8. The predicted molar refractivity (Wildman–Crippen MR) is 77.4 cm³/mol. The normalized spacial score (nSPS) is 18.8. The fraction of sp³-hybridized carbons (Fsp3) is 0.357. The van der Waals surface area contributed by atoms with E-state index in [-0.39, 0.29) is 18.5 Å². The van der Waals surface area contributed by atoms with E-state index in [0.717, 1.165) is 5.56 Å². The van der Waals surface area contributed by atoms with Crippen LogP contribution in [0.4, 0.5) is 4.79 Å². The Bertz CT molecular complexity index is 530. The van der Waals surface area contributed by atoms with Crippen LogP contribution in [0.3, 0.4) is 0 Å². The van der Waals surface area contributed by atoms with Crippen LogP contribution in [0.5, 0.6) is 0 Å². The van der Waals surface area contributed by atoms with Gasteiger partial charge >= 0.3 is 6.09 Å². The molecule has 2 amide bonds. The van der Waals surface area contributed by atoms with Gasteiger partial charge in [0.2, 0.25) is 5.91 Å². The second kappa shape index (κ2) is 7.28. The Morgan fingerprint density at radius 2 is 2.19 bits per heavy atom. The molecule has 0 spiro atoms. The van der Waals surface area contributed by atoms with Crippen LogP contribution in [0.2, 0.25) is 0 Å². The summed E-state index contributed by atoms with van der Waals surface area (Å²) in [5, 5.41) is 4.97. The van der Waals surface area contributed by atoms with Crippen molar-refractivity contribution in [1.29, 1.82) is 0 Å². The minimum absolute atomic E-state index is 0.0733. The summed E-state index contributed by atoms with van der Waals surface area (Å²) >= 11 is 0. The highest BCUT2D eigenvalue weighted by Gasteiger charge is 2.23. The van der Waals surface area contributed by atoms with E-state index in [1.807, 2.05) is 30.3 Å². The van der Waals surface area contributed by atoms with E-state index in [1.165, 1.54) is 0 Å². The Labute approximate surface area is 122 Å². The van der Waals surface area contributed by atoms with Gasteiger partial charge in [-0.1, -0.05) is 30.3 Å². The van der Waals surface area contributed by atoms with Crippen LogP contribution in [-0.2, 0) is 16.1 Å². The third-order valence-electron chi connectivity index (χ3n) is 3.01. The molecule has 0 aliphatic carbocycles. The number of guanidine groups is 1. The molecular weight excluding hydrogens is 272 g/mol. The number of aliphatic imine (C=N–C) groups is 1. The molecule has 0 aromatic heterocycles. The molecule has 7 nitrogen and oxygen atoms in total. The molecule has 0 radical (unpaired) electrons. The molecule has 0 unspecified atom stereocenters. The average molecular weight is 290 g/mol. The molecule has 1 aromatic rings. The molecule has 1 aliphatic heterocycles. The number of amides is 2. The van der Waals surface area contributed by atoms with Crippen molar-refractivity contribution in [3.63, 3.8) is 0 Å². The van der Waals surface area contributed by atoms with Crippen LogP contribution in [0.1, 0.15) is 18.4 Å². The van der Waals surface area contributed by atoms with Gasteiger partial charge in [0.15, 0.2) is 5.96 Å². The number of rotatable bonds is 3. The Morgan fingerprint density at radius 1 is 1.43 bits per heavy atom. The summed E-state index contributed by atoms with van der Waals surface area (Å²) in [7, 11) is 0. The minimum atomic E-state index is -0.665. The quantitative estimate of drug-likeness (QED) is 0.754. The molecule has 0 fully saturated rings. The number of benzene rings is 1. The van der Waals surface area contributed by atoms with Crippen molar-refractivity contribution in [2.75, 3.05) is 6.54 Å². The van der Waals surface area contributed by atoms with E-state index in [2.05, 4.69) is 15.6 Å². The number of alkyl carbamates (subject to hydrolysis) is 1. The highest BCUT2D eigenvalue weighted by atomic mass is 16.5. The van der Waals surface area contributed by atoms with Crippen molar-refractivity contribution in [2.24, 2.45) is 10.7 Å². The van der Waals surface area contributed by atoms with Gasteiger partial charge in [0.25, 0.3) is 0 Å². The van der Waals surface area contributed by atoms with Crippen LogP contribution in [0.25, 0.3) is 0 Å². The summed E-state index contributed by atoms with van der Waals surface area (Å²) in [6, 6.07) is 8.65. The lowest BCUT2D eigenvalue weighted by Gasteiger charge is -2.19. The van der Waals surface area contributed by atoms with Crippen molar-refractivity contribution >= 4 is 18.0 Å². The molecule has 2 rings (SSSR count). The van der Waals surface area contributed by atoms with Gasteiger partial charge < -0.3 is 15.8 Å². The van der Waals surface area contributed by atoms with E-state index in [1.54, 1.807) is 0 Å². The summed E-state index contributed by atoms with van der Waals surface area (Å²) in [6.45, 7) is 0.675. The lowest BCUT2D eigenvalue weighted by Crippen LogP contribution is -2.51. The Kier molecular flexibility index (Phi) is 5.14. The number of nitrogens with one attached hydrogen (secondary N) is 2. The summed E-state index contributed by atoms with van der Waals surface area (Å²) < 4.78 is 5.09. The molecule has 0 saturated heterocycles. The number of ether oxygens (including phenoxy) is 1. The van der Waals surface area contributed by atoms with Crippen molar-refractivity contribution < 1.29 is 14.3 Å². The zero-order valence-corrected chi connectivity index (χ0v) is 11.5. The van der Waals surface area contributed by atoms with Crippen molar-refractivity contribution in [3.05, 3.63) is 35.9 Å². The SMILES string of the molecule is NC1=NCCC[C@H](NC(=O)OCc2ccccc2)C(=O)N1. The second-order valence-corrected chi connectivity index (χ2v) is 4.66. The van der Waals surface area contributed by atoms with Crippen molar-refractivity contribution in [2.45, 2.75) is 25.5 Å². The summed E-state index contributed by atoms with van der Waals surface area (Å²) in [6.07, 6.45) is 0.524. The average Bonchev–Trinajstić information content (AvgIpc) is 2.48. The van der Waals surface area contributed by atoms with Crippen LogP contribution in [0, 0.1) is 0 Å². The zero-order chi connectivity index (χ0) is 15.1. The van der Waals surface area contributed by atoms with Crippen LogP contribution in [-0.4, -0.2) is 30.5 Å². The lowest BCUT2D eigenvalue weighted by atomic mass is 10.1. The number of hydrogen-bond donors (Lipinski definition) is 3. The molecule has 1 aliphatic rings. The van der Waals surface area contributed by atoms with Crippen molar-refractivity contribution in [1.82, 2.24) is 10.6 Å². The largest absolute Gasteiger partial charge is 0.445 e. The van der Waals surface area contributed by atoms with Gasteiger partial charge in [0.1, 0.15) is 12.6 Å². The highest BCUT2D eigenvalue weighted by molar-refractivity contribution is 5.99. The maximum Gasteiger partial charge on any atom is 0.408 e. The molecule has 0 saturated carbocycles. The summed E-state index contributed by atoms with van der Waals surface area (Å²) in [5.41, 5.74) is 6.38. The minimum Gasteiger partial charge on any atom is -0.445 e. The van der Waals surface area contributed by atoms with Gasteiger partial charge in [-0.25, -0.2) is 4.79 Å². The number of nitrogens with zero attached hydrogens (tertiary/aromatic N) is 1. The number of carbonyl (C=O) groups is 2. The Balaban J connectivity index is 1.83. The topological polar surface area (TPSA) is 106 Å². The number of nitrogens with two attached hydrogens (primary N) is 1. The fourth-order valence-corrected chi connectivity index (χ4v) is 1.92. The van der Waals surface area contributed by atoms with Crippen LogP contribution in [0.15, 0.2) is 35.3 Å². The van der Waals surface area contributed by atoms with Gasteiger partial charge in [-0.3, -0.25) is 15.1 Å². The monoisotopic (exact) mass is 290 g/mol. The Morgan fingerprint density at radius 3 is 2.95 bits per heavy atom. The van der Waals surface area contributed by atoms with E-state index in [9.17, 15) is 9.59 Å². The molecule has 7 heteroatoms. The third kappa shape index (κ3) is 4.79. The van der Waals surface area contributed by atoms with Crippen LogP contribution < -0.4 is 16.4 Å². The summed E-state index contributed by atoms with van der Waals surface area (Å²) in [5.74, 6) is -0.309. The first-order chi connectivity index (χ1) is 10.1. The molecule has 0 bridgehead atoms. The van der Waals surface area contributed by atoms with Crippen molar-refractivity contribution in [3.8, 4) is 0 Å². The first-order valence-corrected chi connectivity index (χ1v) is 6.73. The van der Waals surface area contributed by atoms with Gasteiger partial charge in [-0.2, -0.15) is 0 Å². The first kappa shape index (κ1) is 14.8. The van der Waals surface area contributed by atoms with Gasteiger partial charge in [-0.15, -0.1) is 0 Å². The van der Waals surface area contributed by atoms with E-state index >= 15 is 0 Å². The molecule has 4 N–H and O–H groups in total. The number of carbonyl (C=O) groups excluding carboxylic acids is 2. The summed E-state index contributed by atoms with van der Waals surface area (Å²) in [4.78, 5) is 27.5. The molecule has 21 heavy (non-hydrogen) atoms. The maximum absolute atomic E-state index is 11.8. The fourth-order valence-electron chi connectivity index (χ4n) is 1.92. The van der Waals surface area contributed by atoms with Gasteiger partial charge in [-0.05, 0) is 18.4 Å². The van der Waals surface area contributed by atoms with Gasteiger partial charge in [0.05, 0.1) is 0 Å². The predicted octanol–water partition coefficient (Wildman–Crippen LogP) is 0.506. The standard InChI is InChI=1S/C14H18N4O3/c15-13-16-8-4-7-11(12(19)18-13)17-14(20)21-9-10-5-2-1-3-6-10/h1-3,5-6,11H,4,7-9H2,(H,17,20)(H3,15,16,18,19)/t11-/m0/s1. The molecule has 1 aromatic carbocycles. The van der Waals surface area contributed by atoms with E-state index < -0.39 is 12.1 Å². The van der Waals surface area contributed by atoms with Gasteiger partial charge in [0, 0.05) is 6.54 Å². The lowest BCUT2D eigenvalue weighted by molar-refractivity contribution is -0.121. The van der Waals surface area contributed by atoms with E-state index in [0.29, 0.717) is 19.4 Å².